The van der Waals surface area contributed by atoms with Gasteiger partial charge >= 0.3 is 0 Å². The molecule has 3 aliphatic rings. The molecular weight excluding hydrogens is 564 g/mol. The van der Waals surface area contributed by atoms with E-state index in [1.54, 1.807) is 0 Å². The van der Waals surface area contributed by atoms with Gasteiger partial charge in [0.1, 0.15) is 4.70 Å². The SMILES string of the molecule is C(=C1c2ccccc2C[n+]2c1sc1ccccc12)C1=C2Sc3ccccc3N2Cc2ccccc21.[O-][Cl+3]([O-])([O-])[O-]. The maximum Gasteiger partial charge on any atom is 0.271 e. The van der Waals surface area contributed by atoms with E-state index in [0.717, 1.165) is 13.1 Å². The lowest BCUT2D eigenvalue weighted by Gasteiger charge is -2.29. The number of thioether (sulfide) groups is 1. The summed E-state index contributed by atoms with van der Waals surface area (Å²) < 4.78 is 37.8. The van der Waals surface area contributed by atoms with Gasteiger partial charge in [0, 0.05) is 28.6 Å². The van der Waals surface area contributed by atoms with Crippen LogP contribution in [0.3, 0.4) is 0 Å². The van der Waals surface area contributed by atoms with Gasteiger partial charge in [-0.2, -0.15) is 4.57 Å². The fourth-order valence-corrected chi connectivity index (χ4v) is 8.00. The molecule has 0 atom stereocenters. The normalized spacial score (nSPS) is 16.1. The van der Waals surface area contributed by atoms with E-state index in [0.29, 0.717) is 0 Å². The number of hydrogen-bond donors (Lipinski definition) is 0. The summed E-state index contributed by atoms with van der Waals surface area (Å²) in [5, 5.41) is 2.68. The van der Waals surface area contributed by atoms with E-state index < -0.39 is 10.2 Å². The molecule has 0 spiro atoms. The first-order valence-corrected chi connectivity index (χ1v) is 15.4. The molecule has 0 radical (unpaired) electrons. The number of aromatic nitrogens is 1. The molecule has 0 aliphatic carbocycles. The molecule has 0 N–H and O–H groups in total. The number of para-hydroxylation sites is 2. The van der Waals surface area contributed by atoms with E-state index in [9.17, 15) is 0 Å². The minimum absolute atomic E-state index is 0.918. The van der Waals surface area contributed by atoms with Gasteiger partial charge in [-0.1, -0.05) is 95.9 Å². The summed E-state index contributed by atoms with van der Waals surface area (Å²) in [4.78, 5) is 3.84. The smallest absolute Gasteiger partial charge is 0.271 e. The van der Waals surface area contributed by atoms with Crippen molar-refractivity contribution in [2.24, 2.45) is 0 Å². The standard InChI is InChI=1S/C31H21N2S2.ClHO4/c1-3-11-22-20(9-1)18-32-26-13-5-7-15-28(26)34-30(32)24(22)17-25-23-12-4-2-10-21(23)19-33-27-14-6-8-16-29(27)35-31(25)33;2-1(3,4)5/h1-17H,18-19H2;(H,2,3,4,5)/q+1;/p-1. The summed E-state index contributed by atoms with van der Waals surface area (Å²) in [7, 11) is -4.94. The lowest BCUT2D eigenvalue weighted by molar-refractivity contribution is -2.00. The number of halogens is 1. The number of rotatable bonds is 1. The Labute approximate surface area is 241 Å². The molecule has 0 fully saturated rings. The van der Waals surface area contributed by atoms with Gasteiger partial charge in [-0.15, -0.1) is 10.2 Å². The van der Waals surface area contributed by atoms with E-state index >= 15 is 0 Å². The fraction of sp³-hybridized carbons (Fsp3) is 0.0645. The molecule has 0 bridgehead atoms. The van der Waals surface area contributed by atoms with Gasteiger partial charge in [-0.3, -0.25) is 0 Å². The summed E-state index contributed by atoms with van der Waals surface area (Å²) in [6.07, 6.45) is 2.47. The van der Waals surface area contributed by atoms with Crippen LogP contribution in [-0.2, 0) is 13.1 Å². The highest BCUT2D eigenvalue weighted by molar-refractivity contribution is 8.04. The Bertz CT molecular complexity index is 1850. The lowest BCUT2D eigenvalue weighted by atomic mass is 9.90. The number of anilines is 1. The van der Waals surface area contributed by atoms with Gasteiger partial charge in [-0.25, -0.2) is 18.6 Å². The molecule has 3 aliphatic heterocycles. The van der Waals surface area contributed by atoms with Crippen LogP contribution in [0.2, 0.25) is 0 Å². The number of allylic oxidation sites excluding steroid dienone is 2. The zero-order chi connectivity index (χ0) is 27.4. The van der Waals surface area contributed by atoms with Crippen molar-refractivity contribution in [2.75, 3.05) is 4.90 Å². The highest BCUT2D eigenvalue weighted by Gasteiger charge is 2.35. The highest BCUT2D eigenvalue weighted by atomic mass is 35.7. The molecule has 4 aromatic carbocycles. The summed E-state index contributed by atoms with van der Waals surface area (Å²) >= 11 is 3.81. The van der Waals surface area contributed by atoms with Crippen LogP contribution in [0.5, 0.6) is 0 Å². The molecule has 40 heavy (non-hydrogen) atoms. The van der Waals surface area contributed by atoms with E-state index in [-0.39, 0.29) is 0 Å². The third-order valence-corrected chi connectivity index (χ3v) is 9.63. The van der Waals surface area contributed by atoms with Crippen molar-refractivity contribution in [1.82, 2.24) is 0 Å². The Balaban J connectivity index is 0.000000490. The molecule has 0 amide bonds. The average Bonchev–Trinajstić information content (AvgIpc) is 3.50. The Morgan fingerprint density at radius 3 is 2.23 bits per heavy atom. The molecule has 4 heterocycles. The van der Waals surface area contributed by atoms with Crippen molar-refractivity contribution >= 4 is 50.1 Å². The molecule has 9 heteroatoms. The van der Waals surface area contributed by atoms with E-state index in [4.69, 9.17) is 18.6 Å². The van der Waals surface area contributed by atoms with Crippen LogP contribution >= 0.6 is 23.1 Å². The highest BCUT2D eigenvalue weighted by Crippen LogP contribution is 2.53. The molecule has 1 aromatic heterocycles. The molecule has 6 nitrogen and oxygen atoms in total. The van der Waals surface area contributed by atoms with Crippen LogP contribution in [-0.4, -0.2) is 0 Å². The minimum atomic E-state index is -4.94. The van der Waals surface area contributed by atoms with Gasteiger partial charge in [0.15, 0.2) is 6.54 Å². The van der Waals surface area contributed by atoms with Gasteiger partial charge in [0.2, 0.25) is 5.52 Å². The Hall–Kier alpha value is -3.47. The van der Waals surface area contributed by atoms with Crippen LogP contribution in [0.25, 0.3) is 21.4 Å². The lowest BCUT2D eigenvalue weighted by Crippen LogP contribution is -2.68. The van der Waals surface area contributed by atoms with E-state index in [1.165, 1.54) is 64.2 Å². The predicted molar refractivity (Wildman–Crippen MR) is 146 cm³/mol. The molecule has 5 aromatic rings. The topological polar surface area (TPSA) is 99.4 Å². The van der Waals surface area contributed by atoms with Crippen molar-refractivity contribution in [3.63, 3.8) is 0 Å². The molecule has 8 rings (SSSR count). The predicted octanol–water partition coefficient (Wildman–Crippen LogP) is 2.72. The van der Waals surface area contributed by atoms with E-state index in [1.807, 2.05) is 23.1 Å². The third-order valence-electron chi connectivity index (χ3n) is 7.24. The molecule has 0 unspecified atom stereocenters. The van der Waals surface area contributed by atoms with Crippen LogP contribution in [0.15, 0.2) is 113 Å². The maximum atomic E-state index is 8.49. The van der Waals surface area contributed by atoms with Crippen molar-refractivity contribution in [2.45, 2.75) is 18.0 Å². The molecule has 198 valence electrons. The summed E-state index contributed by atoms with van der Waals surface area (Å²) in [6.45, 7) is 1.84. The van der Waals surface area contributed by atoms with Gasteiger partial charge in [-0.05, 0) is 41.0 Å². The van der Waals surface area contributed by atoms with Crippen molar-refractivity contribution in [3.8, 4) is 0 Å². The monoisotopic (exact) mass is 584 g/mol. The van der Waals surface area contributed by atoms with Crippen LogP contribution in [0.4, 0.5) is 5.69 Å². The first-order chi connectivity index (χ1) is 19.3. The first kappa shape index (κ1) is 25.5. The second kappa shape index (κ2) is 9.87. The van der Waals surface area contributed by atoms with Crippen LogP contribution < -0.4 is 28.1 Å². The summed E-state index contributed by atoms with van der Waals surface area (Å²) in [5.74, 6) is 0. The van der Waals surface area contributed by atoms with E-state index in [2.05, 4.69) is 113 Å². The zero-order valence-electron chi connectivity index (χ0n) is 21.0. The third kappa shape index (κ3) is 4.53. The molecule has 0 saturated carbocycles. The Morgan fingerprint density at radius 1 is 0.750 bits per heavy atom. The quantitative estimate of drug-likeness (QED) is 0.276. The van der Waals surface area contributed by atoms with Crippen LogP contribution in [0.1, 0.15) is 27.3 Å². The Kier molecular flexibility index (Phi) is 6.29. The second-order valence-electron chi connectivity index (χ2n) is 9.59. The van der Waals surface area contributed by atoms with Crippen LogP contribution in [0, 0.1) is 10.2 Å². The van der Waals surface area contributed by atoms with Crippen molar-refractivity contribution < 1.29 is 33.4 Å². The number of hydrogen-bond acceptors (Lipinski definition) is 7. The molecular formula is C31H21ClN2O4S2. The van der Waals surface area contributed by atoms with Gasteiger partial charge in [0.05, 0.1) is 16.3 Å². The summed E-state index contributed by atoms with van der Waals surface area (Å²) in [6, 6.07) is 35.4. The minimum Gasteiger partial charge on any atom is -0.330 e. The molecule has 0 saturated heterocycles. The average molecular weight is 585 g/mol. The number of fused-ring (bicyclic) bond motifs is 8. The number of nitrogens with zero attached hydrogens (tertiary/aromatic N) is 2. The fourth-order valence-electron chi connectivity index (χ4n) is 5.62. The number of thiazole rings is 1. The maximum absolute atomic E-state index is 8.49. The van der Waals surface area contributed by atoms with Crippen molar-refractivity contribution in [3.05, 3.63) is 135 Å². The summed E-state index contributed by atoms with van der Waals surface area (Å²) in [5.41, 5.74) is 10.7. The largest absolute Gasteiger partial charge is 0.330 e. The van der Waals surface area contributed by atoms with Gasteiger partial charge in [0.25, 0.3) is 5.01 Å². The zero-order valence-corrected chi connectivity index (χ0v) is 23.3. The Morgan fingerprint density at radius 2 is 1.40 bits per heavy atom. The number of benzene rings is 4. The van der Waals surface area contributed by atoms with Crippen molar-refractivity contribution in [1.29, 1.82) is 0 Å². The second-order valence-corrected chi connectivity index (χ2v) is 12.4. The van der Waals surface area contributed by atoms with Gasteiger partial charge < -0.3 is 4.90 Å². The first-order valence-electron chi connectivity index (χ1n) is 12.6.